The van der Waals surface area contributed by atoms with Gasteiger partial charge in [0.25, 0.3) is 0 Å². The van der Waals surface area contributed by atoms with Crippen molar-refractivity contribution in [1.82, 2.24) is 0 Å². The molecule has 3 nitrogen and oxygen atoms in total. The average molecular weight is 282 g/mol. The molecular formula is C18H22N2O. The molecule has 0 saturated carbocycles. The van der Waals surface area contributed by atoms with Crippen LogP contribution >= 0.6 is 0 Å². The molecule has 0 aliphatic carbocycles. The fourth-order valence-corrected chi connectivity index (χ4v) is 2.34. The number of nitrogens with one attached hydrogen (secondary N) is 2. The van der Waals surface area contributed by atoms with Crippen LogP contribution in [0.4, 0.5) is 11.4 Å². The fraction of sp³-hybridized carbons (Fsp3) is 0.278. The van der Waals surface area contributed by atoms with Gasteiger partial charge in [0.05, 0.1) is 6.54 Å². The number of hydrogen-bond acceptors (Lipinski definition) is 2. The van der Waals surface area contributed by atoms with Gasteiger partial charge in [-0.15, -0.1) is 0 Å². The summed E-state index contributed by atoms with van der Waals surface area (Å²) >= 11 is 0. The summed E-state index contributed by atoms with van der Waals surface area (Å²) in [6, 6.07) is 12.0. The summed E-state index contributed by atoms with van der Waals surface area (Å²) in [6.45, 7) is 8.40. The van der Waals surface area contributed by atoms with Gasteiger partial charge in [-0.2, -0.15) is 0 Å². The van der Waals surface area contributed by atoms with Crippen LogP contribution in [-0.4, -0.2) is 12.5 Å². The number of carbonyl (C=O) groups excluding carboxylic acids is 1. The Morgan fingerprint density at radius 3 is 2.14 bits per heavy atom. The van der Waals surface area contributed by atoms with E-state index in [9.17, 15) is 4.79 Å². The molecule has 1 amide bonds. The number of amides is 1. The number of carbonyl (C=O) groups is 1. The highest BCUT2D eigenvalue weighted by atomic mass is 16.1. The van der Waals surface area contributed by atoms with Crippen LogP contribution in [0, 0.1) is 27.7 Å². The van der Waals surface area contributed by atoms with Crippen molar-refractivity contribution in [2.45, 2.75) is 27.7 Å². The fourth-order valence-electron chi connectivity index (χ4n) is 2.34. The Bertz CT molecular complexity index is 642. The minimum Gasteiger partial charge on any atom is -0.376 e. The summed E-state index contributed by atoms with van der Waals surface area (Å²) in [5.74, 6) is -0.0358. The molecule has 0 spiro atoms. The van der Waals surface area contributed by atoms with Crippen LogP contribution in [0.25, 0.3) is 0 Å². The summed E-state index contributed by atoms with van der Waals surface area (Å²) in [5.41, 5.74) is 6.49. The van der Waals surface area contributed by atoms with E-state index < -0.39 is 0 Å². The smallest absolute Gasteiger partial charge is 0.243 e. The molecule has 110 valence electrons. The Morgan fingerprint density at radius 2 is 1.48 bits per heavy atom. The maximum atomic E-state index is 12.1. The molecule has 0 aromatic heterocycles. The summed E-state index contributed by atoms with van der Waals surface area (Å²) in [6.07, 6.45) is 0. The Morgan fingerprint density at radius 1 is 0.905 bits per heavy atom. The van der Waals surface area contributed by atoms with Crippen LogP contribution in [-0.2, 0) is 4.79 Å². The van der Waals surface area contributed by atoms with Crippen LogP contribution in [0.3, 0.4) is 0 Å². The highest BCUT2D eigenvalue weighted by Crippen LogP contribution is 2.20. The summed E-state index contributed by atoms with van der Waals surface area (Å²) in [7, 11) is 0. The van der Waals surface area contributed by atoms with Gasteiger partial charge in [0.15, 0.2) is 0 Å². The largest absolute Gasteiger partial charge is 0.376 e. The lowest BCUT2D eigenvalue weighted by molar-refractivity contribution is -0.114. The summed E-state index contributed by atoms with van der Waals surface area (Å²) in [5, 5.41) is 6.18. The molecule has 2 rings (SSSR count). The van der Waals surface area contributed by atoms with Crippen molar-refractivity contribution in [3.63, 3.8) is 0 Å². The second-order valence-corrected chi connectivity index (χ2v) is 5.42. The van der Waals surface area contributed by atoms with Gasteiger partial charge in [-0.1, -0.05) is 30.3 Å². The highest BCUT2D eigenvalue weighted by molar-refractivity contribution is 5.94. The number of rotatable bonds is 4. The molecule has 0 aliphatic heterocycles. The molecule has 0 unspecified atom stereocenters. The summed E-state index contributed by atoms with van der Waals surface area (Å²) in [4.78, 5) is 12.1. The maximum Gasteiger partial charge on any atom is 0.243 e. The molecule has 2 aromatic carbocycles. The Labute approximate surface area is 126 Å². The predicted octanol–water partition coefficient (Wildman–Crippen LogP) is 3.97. The SMILES string of the molecule is Cc1cccc(NC(=O)CNc2c(C)cccc2C)c1C. The molecule has 2 aromatic rings. The van der Waals surface area contributed by atoms with Gasteiger partial charge in [-0.05, 0) is 56.0 Å². The number of benzene rings is 2. The van der Waals surface area contributed by atoms with E-state index in [1.54, 1.807) is 0 Å². The second-order valence-electron chi connectivity index (χ2n) is 5.42. The number of anilines is 2. The zero-order valence-electron chi connectivity index (χ0n) is 13.1. The lowest BCUT2D eigenvalue weighted by atomic mass is 10.1. The van der Waals surface area contributed by atoms with E-state index in [1.165, 1.54) is 5.56 Å². The van der Waals surface area contributed by atoms with Crippen molar-refractivity contribution < 1.29 is 4.79 Å². The molecule has 0 radical (unpaired) electrons. The van der Waals surface area contributed by atoms with Crippen LogP contribution in [0.1, 0.15) is 22.3 Å². The zero-order valence-corrected chi connectivity index (χ0v) is 13.1. The lowest BCUT2D eigenvalue weighted by Crippen LogP contribution is -2.23. The number of aryl methyl sites for hydroxylation is 3. The topological polar surface area (TPSA) is 41.1 Å². The lowest BCUT2D eigenvalue weighted by Gasteiger charge is -2.14. The van der Waals surface area contributed by atoms with Crippen molar-refractivity contribution in [2.75, 3.05) is 17.2 Å². The van der Waals surface area contributed by atoms with Crippen molar-refractivity contribution >= 4 is 17.3 Å². The molecule has 0 heterocycles. The molecule has 0 saturated heterocycles. The molecule has 0 fully saturated rings. The van der Waals surface area contributed by atoms with Crippen molar-refractivity contribution in [3.05, 3.63) is 58.7 Å². The van der Waals surface area contributed by atoms with Crippen molar-refractivity contribution in [3.8, 4) is 0 Å². The van der Waals surface area contributed by atoms with Gasteiger partial charge in [-0.3, -0.25) is 4.79 Å². The van der Waals surface area contributed by atoms with E-state index in [-0.39, 0.29) is 12.5 Å². The van der Waals surface area contributed by atoms with Gasteiger partial charge >= 0.3 is 0 Å². The zero-order chi connectivity index (χ0) is 15.4. The van der Waals surface area contributed by atoms with Crippen LogP contribution in [0.5, 0.6) is 0 Å². The first-order valence-electron chi connectivity index (χ1n) is 7.15. The Balaban J connectivity index is 2.01. The second kappa shape index (κ2) is 6.44. The Kier molecular flexibility index (Phi) is 4.63. The first-order chi connectivity index (χ1) is 9.99. The van der Waals surface area contributed by atoms with Crippen molar-refractivity contribution in [1.29, 1.82) is 0 Å². The van der Waals surface area contributed by atoms with E-state index in [1.807, 2.05) is 64.1 Å². The van der Waals surface area contributed by atoms with Gasteiger partial charge in [0, 0.05) is 11.4 Å². The normalized spacial score (nSPS) is 10.3. The molecular weight excluding hydrogens is 260 g/mol. The first-order valence-corrected chi connectivity index (χ1v) is 7.15. The molecule has 0 atom stereocenters. The predicted molar refractivity (Wildman–Crippen MR) is 89.0 cm³/mol. The third-order valence-corrected chi connectivity index (χ3v) is 3.79. The molecule has 2 N–H and O–H groups in total. The van der Waals surface area contributed by atoms with Gasteiger partial charge in [-0.25, -0.2) is 0 Å². The molecule has 21 heavy (non-hydrogen) atoms. The van der Waals surface area contributed by atoms with E-state index in [4.69, 9.17) is 0 Å². The van der Waals surface area contributed by atoms with Gasteiger partial charge in [0.1, 0.15) is 0 Å². The monoisotopic (exact) mass is 282 g/mol. The summed E-state index contributed by atoms with van der Waals surface area (Å²) < 4.78 is 0. The van der Waals surface area contributed by atoms with Gasteiger partial charge in [0.2, 0.25) is 5.91 Å². The van der Waals surface area contributed by atoms with E-state index in [0.29, 0.717) is 0 Å². The van der Waals surface area contributed by atoms with E-state index in [2.05, 4.69) is 10.6 Å². The van der Waals surface area contributed by atoms with Crippen LogP contribution < -0.4 is 10.6 Å². The maximum absolute atomic E-state index is 12.1. The third-order valence-electron chi connectivity index (χ3n) is 3.79. The molecule has 0 aliphatic rings. The molecule has 3 heteroatoms. The minimum absolute atomic E-state index is 0.0358. The third kappa shape index (κ3) is 3.63. The van der Waals surface area contributed by atoms with Crippen LogP contribution in [0.2, 0.25) is 0 Å². The van der Waals surface area contributed by atoms with Gasteiger partial charge < -0.3 is 10.6 Å². The Hall–Kier alpha value is -2.29. The number of hydrogen-bond donors (Lipinski definition) is 2. The number of para-hydroxylation sites is 1. The van der Waals surface area contributed by atoms with Crippen molar-refractivity contribution in [2.24, 2.45) is 0 Å². The highest BCUT2D eigenvalue weighted by Gasteiger charge is 2.07. The quantitative estimate of drug-likeness (QED) is 0.891. The standard InChI is InChI=1S/C18H22N2O/c1-12-7-6-10-16(15(12)4)20-17(21)11-19-18-13(2)8-5-9-14(18)3/h5-10,19H,11H2,1-4H3,(H,20,21). The van der Waals surface area contributed by atoms with Crippen LogP contribution in [0.15, 0.2) is 36.4 Å². The molecule has 0 bridgehead atoms. The first kappa shape index (κ1) is 15.1. The van der Waals surface area contributed by atoms with E-state index in [0.717, 1.165) is 28.1 Å². The minimum atomic E-state index is -0.0358. The average Bonchev–Trinajstić information content (AvgIpc) is 2.43. The van der Waals surface area contributed by atoms with E-state index >= 15 is 0 Å².